The zero-order valence-corrected chi connectivity index (χ0v) is 15.0. The van der Waals surface area contributed by atoms with Gasteiger partial charge in [0, 0.05) is 11.6 Å². The fourth-order valence-corrected chi connectivity index (χ4v) is 3.80. The van der Waals surface area contributed by atoms with Crippen LogP contribution in [-0.4, -0.2) is 22.1 Å². The molecule has 0 aliphatic heterocycles. The maximum Gasteiger partial charge on any atom is 0.240 e. The number of hydrogen-bond acceptors (Lipinski definition) is 3. The van der Waals surface area contributed by atoms with E-state index in [0.29, 0.717) is 23.6 Å². The fourth-order valence-electron chi connectivity index (χ4n) is 2.24. The third-order valence-electron chi connectivity index (χ3n) is 3.61. The molecule has 0 fully saturated rings. The van der Waals surface area contributed by atoms with Gasteiger partial charge in [0.1, 0.15) is 5.75 Å². The number of ether oxygens (including phenoxy) is 1. The highest BCUT2D eigenvalue weighted by Gasteiger charge is 2.17. The zero-order chi connectivity index (χ0) is 17.0. The van der Waals surface area contributed by atoms with Crippen molar-refractivity contribution >= 4 is 21.6 Å². The van der Waals surface area contributed by atoms with Gasteiger partial charge < -0.3 is 4.74 Å². The average molecular weight is 354 g/mol. The largest absolute Gasteiger partial charge is 0.497 e. The second-order valence-corrected chi connectivity index (χ2v) is 7.51. The predicted molar refractivity (Wildman–Crippen MR) is 92.8 cm³/mol. The number of methoxy groups -OCH3 is 1. The van der Waals surface area contributed by atoms with Gasteiger partial charge in [0.05, 0.1) is 12.0 Å². The Morgan fingerprint density at radius 3 is 2.35 bits per heavy atom. The number of hydrogen-bond donors (Lipinski definition) is 1. The zero-order valence-electron chi connectivity index (χ0n) is 13.4. The first-order chi connectivity index (χ1) is 10.8. The minimum Gasteiger partial charge on any atom is -0.497 e. The van der Waals surface area contributed by atoms with Crippen molar-refractivity contribution in [2.24, 2.45) is 0 Å². The molecule has 0 amide bonds. The first kappa shape index (κ1) is 17.8. The lowest BCUT2D eigenvalue weighted by Crippen LogP contribution is -2.26. The molecule has 0 heterocycles. The number of sulfonamides is 1. The molecule has 0 aromatic heterocycles. The molecule has 2 aromatic carbocycles. The maximum absolute atomic E-state index is 12.4. The molecule has 0 saturated heterocycles. The Kier molecular flexibility index (Phi) is 5.68. The first-order valence-corrected chi connectivity index (χ1v) is 9.09. The van der Waals surface area contributed by atoms with Crippen LogP contribution in [0.5, 0.6) is 5.75 Å². The van der Waals surface area contributed by atoms with Crippen molar-refractivity contribution in [3.8, 4) is 5.75 Å². The normalized spacial score (nSPS) is 11.5. The van der Waals surface area contributed by atoms with Gasteiger partial charge in [-0.25, -0.2) is 13.1 Å². The second kappa shape index (κ2) is 7.34. The van der Waals surface area contributed by atoms with Gasteiger partial charge in [0.15, 0.2) is 0 Å². The molecule has 0 aliphatic rings. The molecular formula is C17H20ClNO3S. The molecule has 1 N–H and O–H groups in total. The summed E-state index contributed by atoms with van der Waals surface area (Å²) in [6, 6.07) is 10.8. The third kappa shape index (κ3) is 4.47. The molecule has 0 unspecified atom stereocenters. The lowest BCUT2D eigenvalue weighted by Gasteiger charge is -2.11. The molecule has 2 rings (SSSR count). The van der Waals surface area contributed by atoms with E-state index in [1.54, 1.807) is 33.1 Å². The van der Waals surface area contributed by atoms with Crippen molar-refractivity contribution in [2.45, 2.75) is 25.2 Å². The molecule has 0 bridgehead atoms. The summed E-state index contributed by atoms with van der Waals surface area (Å²) in [5, 5.41) is 0.569. The third-order valence-corrected chi connectivity index (χ3v) is 5.62. The number of aryl methyl sites for hydroxylation is 2. The molecule has 0 spiro atoms. The Hall–Kier alpha value is -1.56. The molecule has 23 heavy (non-hydrogen) atoms. The lowest BCUT2D eigenvalue weighted by atomic mass is 10.1. The van der Waals surface area contributed by atoms with E-state index in [9.17, 15) is 8.42 Å². The van der Waals surface area contributed by atoms with E-state index < -0.39 is 10.0 Å². The minimum atomic E-state index is -3.55. The summed E-state index contributed by atoms with van der Waals surface area (Å²) in [6.45, 7) is 3.86. The quantitative estimate of drug-likeness (QED) is 0.864. The summed E-state index contributed by atoms with van der Waals surface area (Å²) in [5.74, 6) is 0.779. The Morgan fingerprint density at radius 1 is 1.09 bits per heavy atom. The van der Waals surface area contributed by atoms with Crippen LogP contribution in [0.15, 0.2) is 41.3 Å². The summed E-state index contributed by atoms with van der Waals surface area (Å²) >= 11 is 6.02. The molecule has 2 aromatic rings. The van der Waals surface area contributed by atoms with Crippen LogP contribution in [0, 0.1) is 13.8 Å². The molecule has 124 valence electrons. The van der Waals surface area contributed by atoms with E-state index in [0.717, 1.165) is 16.9 Å². The highest BCUT2D eigenvalue weighted by molar-refractivity contribution is 7.89. The van der Waals surface area contributed by atoms with Crippen molar-refractivity contribution < 1.29 is 13.2 Å². The number of halogens is 1. The molecular weight excluding hydrogens is 334 g/mol. The van der Waals surface area contributed by atoms with Gasteiger partial charge in [0.25, 0.3) is 0 Å². The van der Waals surface area contributed by atoms with Gasteiger partial charge in [0.2, 0.25) is 10.0 Å². The van der Waals surface area contributed by atoms with Crippen LogP contribution in [0.25, 0.3) is 0 Å². The van der Waals surface area contributed by atoms with Crippen molar-refractivity contribution in [3.05, 3.63) is 58.1 Å². The highest BCUT2D eigenvalue weighted by atomic mass is 35.5. The van der Waals surface area contributed by atoms with E-state index in [1.807, 2.05) is 24.3 Å². The summed E-state index contributed by atoms with van der Waals surface area (Å²) < 4.78 is 32.6. The predicted octanol–water partition coefficient (Wildman–Crippen LogP) is 3.49. The standard InChI is InChI=1S/C17H20ClNO3S/c1-12-11-17(13(2)10-16(12)18)23(20,21)19-9-8-14-4-6-15(22-3)7-5-14/h4-7,10-11,19H,8-9H2,1-3H3. The van der Waals surface area contributed by atoms with Crippen molar-refractivity contribution in [1.29, 1.82) is 0 Å². The van der Waals surface area contributed by atoms with Crippen LogP contribution in [-0.2, 0) is 16.4 Å². The van der Waals surface area contributed by atoms with E-state index in [-0.39, 0.29) is 4.90 Å². The number of rotatable bonds is 6. The van der Waals surface area contributed by atoms with Crippen LogP contribution in [0.1, 0.15) is 16.7 Å². The molecule has 4 nitrogen and oxygen atoms in total. The Bertz CT molecular complexity index is 786. The van der Waals surface area contributed by atoms with Crippen molar-refractivity contribution in [2.75, 3.05) is 13.7 Å². The molecule has 0 aliphatic carbocycles. The fraction of sp³-hybridized carbons (Fsp3) is 0.294. The van der Waals surface area contributed by atoms with Crippen LogP contribution in [0.2, 0.25) is 5.02 Å². The summed E-state index contributed by atoms with van der Waals surface area (Å²) in [4.78, 5) is 0.272. The molecule has 0 atom stereocenters. The van der Waals surface area contributed by atoms with E-state index in [4.69, 9.17) is 16.3 Å². The van der Waals surface area contributed by atoms with Gasteiger partial charge in [-0.2, -0.15) is 0 Å². The summed E-state index contributed by atoms with van der Waals surface area (Å²) in [5.41, 5.74) is 2.42. The van der Waals surface area contributed by atoms with Gasteiger partial charge in [-0.3, -0.25) is 0 Å². The van der Waals surface area contributed by atoms with E-state index in [1.165, 1.54) is 0 Å². The van der Waals surface area contributed by atoms with Crippen LogP contribution in [0.4, 0.5) is 0 Å². The van der Waals surface area contributed by atoms with E-state index >= 15 is 0 Å². The molecule has 0 radical (unpaired) electrons. The minimum absolute atomic E-state index is 0.272. The van der Waals surface area contributed by atoms with Crippen LogP contribution in [0.3, 0.4) is 0 Å². The van der Waals surface area contributed by atoms with Gasteiger partial charge in [-0.15, -0.1) is 0 Å². The van der Waals surface area contributed by atoms with Gasteiger partial charge in [-0.1, -0.05) is 23.7 Å². The topological polar surface area (TPSA) is 55.4 Å². The molecule has 0 saturated carbocycles. The monoisotopic (exact) mass is 353 g/mol. The first-order valence-electron chi connectivity index (χ1n) is 7.23. The highest BCUT2D eigenvalue weighted by Crippen LogP contribution is 2.23. The number of benzene rings is 2. The number of nitrogens with one attached hydrogen (secondary N) is 1. The molecule has 6 heteroatoms. The maximum atomic E-state index is 12.4. The summed E-state index contributed by atoms with van der Waals surface area (Å²) in [7, 11) is -1.94. The van der Waals surface area contributed by atoms with Gasteiger partial charge >= 0.3 is 0 Å². The summed E-state index contributed by atoms with van der Waals surface area (Å²) in [6.07, 6.45) is 0.606. The van der Waals surface area contributed by atoms with Crippen molar-refractivity contribution in [3.63, 3.8) is 0 Å². The SMILES string of the molecule is COc1ccc(CCNS(=O)(=O)c2cc(C)c(Cl)cc2C)cc1. The lowest BCUT2D eigenvalue weighted by molar-refractivity contribution is 0.414. The smallest absolute Gasteiger partial charge is 0.240 e. The van der Waals surface area contributed by atoms with E-state index in [2.05, 4.69) is 4.72 Å². The Labute approximate surface area is 142 Å². The van der Waals surface area contributed by atoms with Gasteiger partial charge in [-0.05, 0) is 61.2 Å². The Balaban J connectivity index is 2.05. The van der Waals surface area contributed by atoms with Crippen LogP contribution >= 0.6 is 11.6 Å². The van der Waals surface area contributed by atoms with Crippen molar-refractivity contribution in [1.82, 2.24) is 4.72 Å². The Morgan fingerprint density at radius 2 is 1.74 bits per heavy atom. The van der Waals surface area contributed by atoms with Crippen LogP contribution < -0.4 is 9.46 Å². The average Bonchev–Trinajstić information content (AvgIpc) is 2.51. The second-order valence-electron chi connectivity index (χ2n) is 5.36.